The second kappa shape index (κ2) is 5.31. The maximum absolute atomic E-state index is 5.47. The summed E-state index contributed by atoms with van der Waals surface area (Å²) in [6, 6.07) is 0.576. The third-order valence-electron chi connectivity index (χ3n) is 2.94. The molecule has 1 aliphatic heterocycles. The van der Waals surface area contributed by atoms with Crippen molar-refractivity contribution in [3.63, 3.8) is 0 Å². The van der Waals surface area contributed by atoms with E-state index in [1.807, 2.05) is 6.26 Å². The van der Waals surface area contributed by atoms with Crippen LogP contribution in [0.15, 0.2) is 10.7 Å². The third kappa shape index (κ3) is 3.06. The molecule has 2 heterocycles. The number of piperidine rings is 1. The highest BCUT2D eigenvalue weighted by Crippen LogP contribution is 2.13. The Bertz CT molecular complexity index is 290. The summed E-state index contributed by atoms with van der Waals surface area (Å²) >= 11 is 0. The maximum atomic E-state index is 5.47. The molecule has 0 bridgehead atoms. The van der Waals surface area contributed by atoms with Gasteiger partial charge >= 0.3 is 0 Å². The highest BCUT2D eigenvalue weighted by molar-refractivity contribution is 4.98. The Hall–Kier alpha value is -0.830. The molecule has 15 heavy (non-hydrogen) atoms. The van der Waals surface area contributed by atoms with Gasteiger partial charge in [-0.25, -0.2) is 4.98 Å². The van der Waals surface area contributed by atoms with Crippen molar-refractivity contribution in [2.75, 3.05) is 6.54 Å². The van der Waals surface area contributed by atoms with Crippen molar-refractivity contribution in [2.45, 2.75) is 51.5 Å². The number of hydrogen-bond acceptors (Lipinski definition) is 3. The molecule has 1 atom stereocenters. The fraction of sp³-hybridized carbons (Fsp3) is 0.750. The largest absolute Gasteiger partial charge is 0.449 e. The second-order valence-electron chi connectivity index (χ2n) is 4.33. The molecule has 1 fully saturated rings. The lowest BCUT2D eigenvalue weighted by Crippen LogP contribution is -2.35. The topological polar surface area (TPSA) is 38.1 Å². The van der Waals surface area contributed by atoms with Crippen LogP contribution in [0.4, 0.5) is 0 Å². The van der Waals surface area contributed by atoms with E-state index in [2.05, 4.69) is 17.2 Å². The van der Waals surface area contributed by atoms with E-state index in [1.54, 1.807) is 0 Å². The minimum absolute atomic E-state index is 0.576. The molecule has 1 unspecified atom stereocenters. The van der Waals surface area contributed by atoms with Crippen molar-refractivity contribution < 1.29 is 4.42 Å². The maximum Gasteiger partial charge on any atom is 0.195 e. The Labute approximate surface area is 91.3 Å². The van der Waals surface area contributed by atoms with Crippen LogP contribution >= 0.6 is 0 Å². The molecule has 0 amide bonds. The normalized spacial score (nSPS) is 21.8. The smallest absolute Gasteiger partial charge is 0.195 e. The van der Waals surface area contributed by atoms with Gasteiger partial charge in [0.1, 0.15) is 6.26 Å². The first kappa shape index (κ1) is 10.7. The van der Waals surface area contributed by atoms with Gasteiger partial charge in [-0.05, 0) is 25.8 Å². The molecule has 0 aromatic carbocycles. The summed E-state index contributed by atoms with van der Waals surface area (Å²) in [4.78, 5) is 4.49. The average molecular weight is 208 g/mol. The summed E-state index contributed by atoms with van der Waals surface area (Å²) in [6.07, 6.45) is 8.81. The van der Waals surface area contributed by atoms with Gasteiger partial charge in [-0.2, -0.15) is 0 Å². The number of nitrogens with one attached hydrogen (secondary N) is 1. The number of hydrogen-bond donors (Lipinski definition) is 1. The van der Waals surface area contributed by atoms with Crippen LogP contribution in [0.3, 0.4) is 0 Å². The van der Waals surface area contributed by atoms with E-state index in [0.717, 1.165) is 37.4 Å². The summed E-state index contributed by atoms with van der Waals surface area (Å²) in [6.45, 7) is 3.31. The summed E-state index contributed by atoms with van der Waals surface area (Å²) in [5.74, 6) is 0.901. The molecular formula is C12H20N2O. The molecule has 1 aromatic rings. The third-order valence-corrected chi connectivity index (χ3v) is 2.94. The van der Waals surface area contributed by atoms with Gasteiger partial charge < -0.3 is 9.73 Å². The monoisotopic (exact) mass is 208 g/mol. The molecule has 1 aliphatic rings. The quantitative estimate of drug-likeness (QED) is 0.825. The van der Waals surface area contributed by atoms with Crippen molar-refractivity contribution in [1.82, 2.24) is 10.3 Å². The minimum Gasteiger partial charge on any atom is -0.449 e. The highest BCUT2D eigenvalue weighted by Gasteiger charge is 2.15. The van der Waals surface area contributed by atoms with E-state index in [4.69, 9.17) is 4.42 Å². The Morgan fingerprint density at radius 1 is 1.53 bits per heavy atom. The molecule has 3 heteroatoms. The van der Waals surface area contributed by atoms with Crippen molar-refractivity contribution in [3.05, 3.63) is 17.8 Å². The van der Waals surface area contributed by atoms with Crippen molar-refractivity contribution in [3.8, 4) is 0 Å². The standard InChI is InChI=1S/C12H20N2O/c1-2-5-11-9-15-12(14-11)8-10-6-3-4-7-13-10/h9-10,13H,2-8H2,1H3. The lowest BCUT2D eigenvalue weighted by Gasteiger charge is -2.21. The SMILES string of the molecule is CCCc1coc(CC2CCCCN2)n1. The first-order chi connectivity index (χ1) is 7.38. The zero-order chi connectivity index (χ0) is 10.5. The van der Waals surface area contributed by atoms with Gasteiger partial charge in [0.25, 0.3) is 0 Å². The number of oxazole rings is 1. The average Bonchev–Trinajstić information content (AvgIpc) is 2.68. The lowest BCUT2D eigenvalue weighted by atomic mass is 10.0. The molecule has 0 saturated carbocycles. The Morgan fingerprint density at radius 2 is 2.47 bits per heavy atom. The van der Waals surface area contributed by atoms with Gasteiger partial charge in [0.2, 0.25) is 0 Å². The Kier molecular flexibility index (Phi) is 3.78. The summed E-state index contributed by atoms with van der Waals surface area (Å²) < 4.78 is 5.47. The molecular weight excluding hydrogens is 188 g/mol. The van der Waals surface area contributed by atoms with Crippen LogP contribution in [-0.2, 0) is 12.8 Å². The van der Waals surface area contributed by atoms with Crippen molar-refractivity contribution >= 4 is 0 Å². The minimum atomic E-state index is 0.576. The van der Waals surface area contributed by atoms with Gasteiger partial charge in [0.15, 0.2) is 5.89 Å². The van der Waals surface area contributed by atoms with Gasteiger partial charge in [0, 0.05) is 12.5 Å². The molecule has 1 N–H and O–H groups in total. The first-order valence-electron chi connectivity index (χ1n) is 6.05. The van der Waals surface area contributed by atoms with Gasteiger partial charge in [-0.15, -0.1) is 0 Å². The van der Waals surface area contributed by atoms with Crippen LogP contribution in [-0.4, -0.2) is 17.6 Å². The van der Waals surface area contributed by atoms with Crippen LogP contribution in [0.1, 0.15) is 44.2 Å². The number of nitrogens with zero attached hydrogens (tertiary/aromatic N) is 1. The fourth-order valence-corrected chi connectivity index (χ4v) is 2.12. The molecule has 3 nitrogen and oxygen atoms in total. The van der Waals surface area contributed by atoms with Crippen LogP contribution in [0.25, 0.3) is 0 Å². The van der Waals surface area contributed by atoms with Crippen molar-refractivity contribution in [2.24, 2.45) is 0 Å². The van der Waals surface area contributed by atoms with Gasteiger partial charge in [-0.3, -0.25) is 0 Å². The summed E-state index contributed by atoms with van der Waals surface area (Å²) in [7, 11) is 0. The molecule has 1 aromatic heterocycles. The number of rotatable bonds is 4. The molecule has 0 aliphatic carbocycles. The number of aromatic nitrogens is 1. The molecule has 0 radical (unpaired) electrons. The predicted molar refractivity (Wildman–Crippen MR) is 59.8 cm³/mol. The van der Waals surface area contributed by atoms with Crippen LogP contribution in [0.2, 0.25) is 0 Å². The van der Waals surface area contributed by atoms with Crippen LogP contribution in [0.5, 0.6) is 0 Å². The van der Waals surface area contributed by atoms with Crippen LogP contribution in [0, 0.1) is 0 Å². The van der Waals surface area contributed by atoms with E-state index >= 15 is 0 Å². The number of aryl methyl sites for hydroxylation is 1. The fourth-order valence-electron chi connectivity index (χ4n) is 2.12. The molecule has 2 rings (SSSR count). The molecule has 84 valence electrons. The van der Waals surface area contributed by atoms with Gasteiger partial charge in [-0.1, -0.05) is 19.8 Å². The van der Waals surface area contributed by atoms with E-state index in [1.165, 1.54) is 19.3 Å². The highest BCUT2D eigenvalue weighted by atomic mass is 16.3. The van der Waals surface area contributed by atoms with Gasteiger partial charge in [0.05, 0.1) is 5.69 Å². The molecule has 1 saturated heterocycles. The zero-order valence-electron chi connectivity index (χ0n) is 9.46. The lowest BCUT2D eigenvalue weighted by molar-refractivity contribution is 0.367. The second-order valence-corrected chi connectivity index (χ2v) is 4.33. The summed E-state index contributed by atoms with van der Waals surface area (Å²) in [5.41, 5.74) is 1.10. The Morgan fingerprint density at radius 3 is 3.20 bits per heavy atom. The van der Waals surface area contributed by atoms with E-state index in [-0.39, 0.29) is 0 Å². The Balaban J connectivity index is 1.86. The van der Waals surface area contributed by atoms with Crippen molar-refractivity contribution in [1.29, 1.82) is 0 Å². The molecule has 0 spiro atoms. The zero-order valence-corrected chi connectivity index (χ0v) is 9.46. The first-order valence-corrected chi connectivity index (χ1v) is 6.05. The van der Waals surface area contributed by atoms with E-state index < -0.39 is 0 Å². The van der Waals surface area contributed by atoms with Crippen LogP contribution < -0.4 is 5.32 Å². The summed E-state index contributed by atoms with van der Waals surface area (Å²) in [5, 5.41) is 3.51. The van der Waals surface area contributed by atoms with E-state index in [0.29, 0.717) is 6.04 Å². The van der Waals surface area contributed by atoms with E-state index in [9.17, 15) is 0 Å². The predicted octanol–water partition coefficient (Wildman–Crippen LogP) is 2.31.